The van der Waals surface area contributed by atoms with E-state index in [2.05, 4.69) is 15.6 Å². The van der Waals surface area contributed by atoms with Crippen LogP contribution >= 0.6 is 12.2 Å². The van der Waals surface area contributed by atoms with E-state index in [1.807, 2.05) is 19.9 Å². The molecule has 0 radical (unpaired) electrons. The number of thiocarbonyl (C=S) groups is 1. The smallest absolute Gasteiger partial charge is 0.242 e. The quantitative estimate of drug-likeness (QED) is 0.692. The van der Waals surface area contributed by atoms with E-state index in [1.54, 1.807) is 13.0 Å². The number of pyridine rings is 1. The second-order valence-corrected chi connectivity index (χ2v) is 4.41. The van der Waals surface area contributed by atoms with Crippen molar-refractivity contribution in [2.45, 2.75) is 26.8 Å². The summed E-state index contributed by atoms with van der Waals surface area (Å²) in [5.41, 5.74) is 7.11. The Morgan fingerprint density at radius 2 is 2.22 bits per heavy atom. The van der Waals surface area contributed by atoms with Crippen molar-refractivity contribution in [3.05, 3.63) is 23.4 Å². The molecule has 0 aliphatic carbocycles. The minimum atomic E-state index is -0.396. The summed E-state index contributed by atoms with van der Waals surface area (Å²) in [6.45, 7) is 6.09. The lowest BCUT2D eigenvalue weighted by atomic mass is 10.2. The van der Waals surface area contributed by atoms with Gasteiger partial charge in [-0.05, 0) is 32.9 Å². The maximum Gasteiger partial charge on any atom is 0.242 e. The number of nitrogens with zero attached hydrogens (tertiary/aromatic N) is 1. The van der Waals surface area contributed by atoms with Gasteiger partial charge in [0.05, 0.1) is 5.56 Å². The Hall–Kier alpha value is -1.69. The maximum atomic E-state index is 11.6. The highest BCUT2D eigenvalue weighted by Crippen LogP contribution is 2.14. The normalized spacial score (nSPS) is 11.7. The second kappa shape index (κ2) is 6.30. The molecule has 18 heavy (non-hydrogen) atoms. The zero-order valence-electron chi connectivity index (χ0n) is 10.8. The van der Waals surface area contributed by atoms with Crippen LogP contribution in [-0.4, -0.2) is 28.5 Å². The molecular formula is C12H18N4OS. The van der Waals surface area contributed by atoms with Crippen molar-refractivity contribution in [3.63, 3.8) is 0 Å². The Kier molecular flexibility index (Phi) is 5.03. The van der Waals surface area contributed by atoms with E-state index in [0.717, 1.165) is 5.69 Å². The molecule has 0 aliphatic heterocycles. The van der Waals surface area contributed by atoms with E-state index in [-0.39, 0.29) is 10.9 Å². The van der Waals surface area contributed by atoms with Gasteiger partial charge in [-0.15, -0.1) is 0 Å². The average Bonchev–Trinajstić information content (AvgIpc) is 2.28. The molecule has 6 heteroatoms. The van der Waals surface area contributed by atoms with Gasteiger partial charge in [0.1, 0.15) is 16.8 Å². The van der Waals surface area contributed by atoms with Crippen LogP contribution in [0.1, 0.15) is 25.1 Å². The van der Waals surface area contributed by atoms with E-state index in [0.29, 0.717) is 17.9 Å². The Bertz CT molecular complexity index is 461. The third kappa shape index (κ3) is 3.66. The molecule has 1 aromatic heterocycles. The average molecular weight is 266 g/mol. The number of aromatic nitrogens is 1. The van der Waals surface area contributed by atoms with Crippen LogP contribution in [0.4, 0.5) is 5.82 Å². The fourth-order valence-corrected chi connectivity index (χ4v) is 1.63. The highest BCUT2D eigenvalue weighted by atomic mass is 32.1. The molecule has 0 aliphatic rings. The Morgan fingerprint density at radius 1 is 1.56 bits per heavy atom. The summed E-state index contributed by atoms with van der Waals surface area (Å²) in [5.74, 6) is 0.455. The van der Waals surface area contributed by atoms with Crippen LogP contribution in [0.25, 0.3) is 0 Å². The molecular weight excluding hydrogens is 248 g/mol. The standard InChI is InChI=1S/C12H18N4OS/c1-4-14-12(17)8(3)16-11-9(10(13)18)6-5-7(2)15-11/h5-6,8H,4H2,1-3H3,(H2,13,18)(H,14,17)(H,15,16). The number of rotatable bonds is 5. The van der Waals surface area contributed by atoms with Gasteiger partial charge in [-0.25, -0.2) is 4.98 Å². The Labute approximate surface area is 112 Å². The molecule has 0 fully saturated rings. The fourth-order valence-electron chi connectivity index (χ4n) is 1.46. The summed E-state index contributed by atoms with van der Waals surface area (Å²) in [4.78, 5) is 16.2. The SMILES string of the molecule is CCNC(=O)C(C)Nc1nc(C)ccc1C(N)=S. The van der Waals surface area contributed by atoms with E-state index >= 15 is 0 Å². The Balaban J connectivity index is 2.92. The molecule has 1 atom stereocenters. The minimum Gasteiger partial charge on any atom is -0.389 e. The lowest BCUT2D eigenvalue weighted by Crippen LogP contribution is -2.38. The topological polar surface area (TPSA) is 80.0 Å². The first-order chi connectivity index (χ1) is 8.45. The van der Waals surface area contributed by atoms with Crippen molar-refractivity contribution in [1.82, 2.24) is 10.3 Å². The molecule has 0 bridgehead atoms. The number of anilines is 1. The largest absolute Gasteiger partial charge is 0.389 e. The van der Waals surface area contributed by atoms with Crippen molar-refractivity contribution in [2.75, 3.05) is 11.9 Å². The van der Waals surface area contributed by atoms with Gasteiger partial charge in [0.15, 0.2) is 0 Å². The molecule has 0 spiro atoms. The molecule has 0 saturated heterocycles. The third-order valence-corrected chi connectivity index (χ3v) is 2.62. The first kappa shape index (κ1) is 14.4. The number of carbonyl (C=O) groups excluding carboxylic acids is 1. The molecule has 1 unspecified atom stereocenters. The van der Waals surface area contributed by atoms with Crippen LogP contribution in [0.5, 0.6) is 0 Å². The van der Waals surface area contributed by atoms with E-state index in [9.17, 15) is 4.79 Å². The predicted molar refractivity (Wildman–Crippen MR) is 76.6 cm³/mol. The van der Waals surface area contributed by atoms with Gasteiger partial charge >= 0.3 is 0 Å². The molecule has 1 rings (SSSR count). The highest BCUT2D eigenvalue weighted by molar-refractivity contribution is 7.80. The van der Waals surface area contributed by atoms with Gasteiger partial charge in [0.25, 0.3) is 0 Å². The number of aryl methyl sites for hydroxylation is 1. The molecule has 1 amide bonds. The van der Waals surface area contributed by atoms with Crippen LogP contribution in [-0.2, 0) is 4.79 Å². The zero-order valence-corrected chi connectivity index (χ0v) is 11.6. The lowest BCUT2D eigenvalue weighted by molar-refractivity contribution is -0.121. The summed E-state index contributed by atoms with van der Waals surface area (Å²) in [7, 11) is 0. The molecule has 5 nitrogen and oxygen atoms in total. The summed E-state index contributed by atoms with van der Waals surface area (Å²) in [6, 6.07) is 3.24. The molecule has 0 aromatic carbocycles. The van der Waals surface area contributed by atoms with Crippen LogP contribution in [0.3, 0.4) is 0 Å². The van der Waals surface area contributed by atoms with Crippen LogP contribution in [0.15, 0.2) is 12.1 Å². The number of amides is 1. The van der Waals surface area contributed by atoms with Gasteiger partial charge in [0.2, 0.25) is 5.91 Å². The van der Waals surface area contributed by atoms with Gasteiger partial charge < -0.3 is 16.4 Å². The number of nitrogens with two attached hydrogens (primary N) is 1. The fraction of sp³-hybridized carbons (Fsp3) is 0.417. The number of hydrogen-bond acceptors (Lipinski definition) is 4. The molecule has 98 valence electrons. The highest BCUT2D eigenvalue weighted by Gasteiger charge is 2.15. The maximum absolute atomic E-state index is 11.6. The van der Waals surface area contributed by atoms with E-state index in [4.69, 9.17) is 18.0 Å². The number of nitrogens with one attached hydrogen (secondary N) is 2. The van der Waals surface area contributed by atoms with Crippen molar-refractivity contribution < 1.29 is 4.79 Å². The monoisotopic (exact) mass is 266 g/mol. The van der Waals surface area contributed by atoms with E-state index < -0.39 is 6.04 Å². The molecule has 1 aromatic rings. The molecule has 1 heterocycles. The van der Waals surface area contributed by atoms with Crippen LogP contribution in [0, 0.1) is 6.92 Å². The predicted octanol–water partition coefficient (Wildman–Crippen LogP) is 0.961. The summed E-state index contributed by atoms with van der Waals surface area (Å²) in [6.07, 6.45) is 0. The van der Waals surface area contributed by atoms with Crippen molar-refractivity contribution in [1.29, 1.82) is 0 Å². The number of hydrogen-bond donors (Lipinski definition) is 3. The molecule has 4 N–H and O–H groups in total. The van der Waals surface area contributed by atoms with Crippen molar-refractivity contribution >= 4 is 28.9 Å². The zero-order chi connectivity index (χ0) is 13.7. The first-order valence-corrected chi connectivity index (χ1v) is 6.18. The number of carbonyl (C=O) groups is 1. The van der Waals surface area contributed by atoms with Crippen LogP contribution in [0.2, 0.25) is 0 Å². The third-order valence-electron chi connectivity index (χ3n) is 2.40. The Morgan fingerprint density at radius 3 is 2.78 bits per heavy atom. The first-order valence-electron chi connectivity index (χ1n) is 5.77. The van der Waals surface area contributed by atoms with Crippen LogP contribution < -0.4 is 16.4 Å². The van der Waals surface area contributed by atoms with E-state index in [1.165, 1.54) is 0 Å². The molecule has 0 saturated carbocycles. The van der Waals surface area contributed by atoms with Crippen molar-refractivity contribution in [2.24, 2.45) is 5.73 Å². The summed E-state index contributed by atoms with van der Waals surface area (Å²) in [5, 5.41) is 5.76. The van der Waals surface area contributed by atoms with Crippen molar-refractivity contribution in [3.8, 4) is 0 Å². The van der Waals surface area contributed by atoms with Gasteiger partial charge in [-0.3, -0.25) is 4.79 Å². The number of likely N-dealkylation sites (N-methyl/N-ethyl adjacent to an activating group) is 1. The minimum absolute atomic E-state index is 0.0882. The second-order valence-electron chi connectivity index (χ2n) is 3.97. The lowest BCUT2D eigenvalue weighted by Gasteiger charge is -2.16. The van der Waals surface area contributed by atoms with Gasteiger partial charge in [-0.1, -0.05) is 12.2 Å². The van der Waals surface area contributed by atoms with Gasteiger partial charge in [-0.2, -0.15) is 0 Å². The van der Waals surface area contributed by atoms with Gasteiger partial charge in [0, 0.05) is 12.2 Å². The summed E-state index contributed by atoms with van der Waals surface area (Å²) >= 11 is 4.96. The summed E-state index contributed by atoms with van der Waals surface area (Å²) < 4.78 is 0.